The van der Waals surface area contributed by atoms with Gasteiger partial charge in [-0.2, -0.15) is 8.78 Å². The van der Waals surface area contributed by atoms with Gasteiger partial charge in [0.2, 0.25) is 0 Å². The zero-order valence-corrected chi connectivity index (χ0v) is 9.58. The molecular formula is C9H10F2N2S2. The molecule has 0 bridgehead atoms. The molecule has 1 aromatic rings. The minimum Gasteiger partial charge on any atom is -0.174 e. The molecule has 0 amide bonds. The molecule has 0 aliphatic heterocycles. The van der Waals surface area contributed by atoms with E-state index in [9.17, 15) is 8.78 Å². The Morgan fingerprint density at radius 2 is 2.27 bits per heavy atom. The van der Waals surface area contributed by atoms with E-state index in [4.69, 9.17) is 0 Å². The second kappa shape index (κ2) is 5.03. The van der Waals surface area contributed by atoms with Crippen molar-refractivity contribution in [2.75, 3.05) is 5.75 Å². The SMILES string of the molecule is FC(F)=CCCSc1nnc(C2CC2)s1. The maximum Gasteiger partial charge on any atom is 0.266 e. The number of hydrogen-bond donors (Lipinski definition) is 0. The molecule has 6 heteroatoms. The lowest BCUT2D eigenvalue weighted by Gasteiger charge is -1.90. The normalized spacial score (nSPS) is 15.3. The molecule has 0 radical (unpaired) electrons. The smallest absolute Gasteiger partial charge is 0.174 e. The molecule has 0 spiro atoms. The number of nitrogens with zero attached hydrogens (tertiary/aromatic N) is 2. The average molecular weight is 248 g/mol. The van der Waals surface area contributed by atoms with E-state index in [0.29, 0.717) is 18.1 Å². The van der Waals surface area contributed by atoms with Crippen molar-refractivity contribution < 1.29 is 8.78 Å². The van der Waals surface area contributed by atoms with Gasteiger partial charge in [-0.05, 0) is 25.3 Å². The molecule has 2 nitrogen and oxygen atoms in total. The lowest BCUT2D eigenvalue weighted by Crippen LogP contribution is -1.77. The fourth-order valence-corrected chi connectivity index (χ4v) is 3.08. The summed E-state index contributed by atoms with van der Waals surface area (Å²) in [5, 5.41) is 9.20. The largest absolute Gasteiger partial charge is 0.266 e. The van der Waals surface area contributed by atoms with E-state index in [2.05, 4.69) is 10.2 Å². The van der Waals surface area contributed by atoms with Crippen LogP contribution in [0.2, 0.25) is 0 Å². The summed E-state index contributed by atoms with van der Waals surface area (Å²) < 4.78 is 24.3. The quantitative estimate of drug-likeness (QED) is 0.587. The van der Waals surface area contributed by atoms with E-state index in [1.165, 1.54) is 24.6 Å². The number of aromatic nitrogens is 2. The highest BCUT2D eigenvalue weighted by Crippen LogP contribution is 2.42. The zero-order chi connectivity index (χ0) is 10.7. The highest BCUT2D eigenvalue weighted by Gasteiger charge is 2.27. The Hall–Kier alpha value is -0.490. The van der Waals surface area contributed by atoms with Gasteiger partial charge in [0.15, 0.2) is 4.34 Å². The average Bonchev–Trinajstić information content (AvgIpc) is 2.94. The third-order valence-corrected chi connectivity index (χ3v) is 4.24. The van der Waals surface area contributed by atoms with E-state index in [-0.39, 0.29) is 0 Å². The van der Waals surface area contributed by atoms with Gasteiger partial charge in [0.05, 0.1) is 0 Å². The third-order valence-electron chi connectivity index (χ3n) is 1.99. The topological polar surface area (TPSA) is 25.8 Å². The van der Waals surface area contributed by atoms with Gasteiger partial charge < -0.3 is 0 Å². The number of rotatable bonds is 5. The van der Waals surface area contributed by atoms with E-state index in [1.807, 2.05) is 0 Å². The standard InChI is InChI=1S/C9H10F2N2S2/c10-7(11)2-1-5-14-9-13-12-8(15-9)6-3-4-6/h2,6H,1,3-5H2. The van der Waals surface area contributed by atoms with Crippen molar-refractivity contribution in [3.8, 4) is 0 Å². The fourth-order valence-electron chi connectivity index (χ4n) is 1.09. The Kier molecular flexibility index (Phi) is 3.69. The molecule has 0 unspecified atom stereocenters. The first-order chi connectivity index (χ1) is 7.25. The summed E-state index contributed by atoms with van der Waals surface area (Å²) in [6.07, 6.45) is 2.15. The predicted molar refractivity (Wildman–Crippen MR) is 57.5 cm³/mol. The highest BCUT2D eigenvalue weighted by atomic mass is 32.2. The van der Waals surface area contributed by atoms with Gasteiger partial charge in [-0.1, -0.05) is 23.1 Å². The highest BCUT2D eigenvalue weighted by molar-refractivity contribution is 8.01. The van der Waals surface area contributed by atoms with Gasteiger partial charge in [-0.15, -0.1) is 10.2 Å². The van der Waals surface area contributed by atoms with Crippen LogP contribution in [-0.2, 0) is 0 Å². The lowest BCUT2D eigenvalue weighted by molar-refractivity contribution is 0.418. The van der Waals surface area contributed by atoms with Crippen LogP contribution in [0.5, 0.6) is 0 Å². The molecule has 15 heavy (non-hydrogen) atoms. The van der Waals surface area contributed by atoms with Crippen molar-refractivity contribution in [3.63, 3.8) is 0 Å². The Morgan fingerprint density at radius 1 is 1.47 bits per heavy atom. The molecule has 82 valence electrons. The maximum absolute atomic E-state index is 11.7. The van der Waals surface area contributed by atoms with Crippen molar-refractivity contribution in [1.82, 2.24) is 10.2 Å². The Bertz CT molecular complexity index is 357. The molecule has 1 aliphatic rings. The lowest BCUT2D eigenvalue weighted by atomic mass is 10.5. The first-order valence-electron chi connectivity index (χ1n) is 4.73. The summed E-state index contributed by atoms with van der Waals surface area (Å²) >= 11 is 3.09. The molecule has 0 aromatic carbocycles. The monoisotopic (exact) mass is 248 g/mol. The zero-order valence-electron chi connectivity index (χ0n) is 7.95. The van der Waals surface area contributed by atoms with Crippen LogP contribution < -0.4 is 0 Å². The minimum absolute atomic E-state index is 0.380. The summed E-state index contributed by atoms with van der Waals surface area (Å²) in [6, 6.07) is 0. The van der Waals surface area contributed by atoms with E-state index in [1.54, 1.807) is 11.3 Å². The van der Waals surface area contributed by atoms with Crippen LogP contribution in [0.1, 0.15) is 30.2 Å². The molecule has 0 atom stereocenters. The Balaban J connectivity index is 1.75. The second-order valence-electron chi connectivity index (χ2n) is 3.31. The molecule has 1 aromatic heterocycles. The fraction of sp³-hybridized carbons (Fsp3) is 0.556. The van der Waals surface area contributed by atoms with Crippen LogP contribution in [0.25, 0.3) is 0 Å². The summed E-state index contributed by atoms with van der Waals surface area (Å²) in [4.78, 5) is 0. The predicted octanol–water partition coefficient (Wildman–Crippen LogP) is 3.68. The second-order valence-corrected chi connectivity index (χ2v) is 5.66. The van der Waals surface area contributed by atoms with Gasteiger partial charge in [0, 0.05) is 11.7 Å². The molecule has 0 N–H and O–H groups in total. The number of allylic oxidation sites excluding steroid dienone is 1. The number of thioether (sulfide) groups is 1. The summed E-state index contributed by atoms with van der Waals surface area (Å²) in [7, 11) is 0. The van der Waals surface area contributed by atoms with E-state index >= 15 is 0 Å². The van der Waals surface area contributed by atoms with Crippen molar-refractivity contribution in [2.24, 2.45) is 0 Å². The maximum atomic E-state index is 11.7. The third kappa shape index (κ3) is 3.53. The van der Waals surface area contributed by atoms with Crippen LogP contribution in [0.3, 0.4) is 0 Å². The van der Waals surface area contributed by atoms with Crippen LogP contribution in [0.4, 0.5) is 8.78 Å². The Morgan fingerprint density at radius 3 is 2.93 bits per heavy atom. The first kappa shape index (κ1) is 11.0. The van der Waals surface area contributed by atoms with Crippen molar-refractivity contribution in [1.29, 1.82) is 0 Å². The Labute approximate surface area is 94.8 Å². The molecule has 1 heterocycles. The van der Waals surface area contributed by atoms with E-state index < -0.39 is 6.08 Å². The van der Waals surface area contributed by atoms with Crippen molar-refractivity contribution in [3.05, 3.63) is 17.2 Å². The van der Waals surface area contributed by atoms with Crippen LogP contribution in [0.15, 0.2) is 16.5 Å². The molecule has 2 rings (SSSR count). The number of halogens is 2. The molecule has 1 aliphatic carbocycles. The van der Waals surface area contributed by atoms with Gasteiger partial charge in [-0.25, -0.2) is 0 Å². The van der Waals surface area contributed by atoms with Gasteiger partial charge in [0.25, 0.3) is 6.08 Å². The van der Waals surface area contributed by atoms with Gasteiger partial charge >= 0.3 is 0 Å². The molecule has 1 saturated carbocycles. The number of hydrogen-bond acceptors (Lipinski definition) is 4. The molecule has 1 fully saturated rings. The first-order valence-corrected chi connectivity index (χ1v) is 6.53. The van der Waals surface area contributed by atoms with Gasteiger partial charge in [0.1, 0.15) is 5.01 Å². The van der Waals surface area contributed by atoms with E-state index in [0.717, 1.165) is 15.4 Å². The van der Waals surface area contributed by atoms with Crippen molar-refractivity contribution in [2.45, 2.75) is 29.5 Å². The molecular weight excluding hydrogens is 238 g/mol. The van der Waals surface area contributed by atoms with Crippen molar-refractivity contribution >= 4 is 23.1 Å². The summed E-state index contributed by atoms with van der Waals surface area (Å²) in [5.41, 5.74) is 0. The minimum atomic E-state index is -1.61. The molecule has 0 saturated heterocycles. The van der Waals surface area contributed by atoms with Crippen LogP contribution in [-0.4, -0.2) is 16.0 Å². The van der Waals surface area contributed by atoms with Gasteiger partial charge in [-0.3, -0.25) is 0 Å². The van der Waals surface area contributed by atoms with Crippen LogP contribution in [0, 0.1) is 0 Å². The van der Waals surface area contributed by atoms with Crippen LogP contribution >= 0.6 is 23.1 Å². The summed E-state index contributed by atoms with van der Waals surface area (Å²) in [5.74, 6) is 1.26. The summed E-state index contributed by atoms with van der Waals surface area (Å²) in [6.45, 7) is 0.